The summed E-state index contributed by atoms with van der Waals surface area (Å²) in [5.74, 6) is -2.22. The van der Waals surface area contributed by atoms with E-state index >= 15 is 0 Å². The second kappa shape index (κ2) is 8.49. The van der Waals surface area contributed by atoms with Gasteiger partial charge in [-0.25, -0.2) is 21.7 Å². The van der Waals surface area contributed by atoms with Crippen molar-refractivity contribution in [2.24, 2.45) is 0 Å². The Kier molecular flexibility index (Phi) is 7.77. The fraction of sp³-hybridized carbons (Fsp3) is 0.0714. The van der Waals surface area contributed by atoms with Crippen LogP contribution < -0.4 is 0 Å². The summed E-state index contributed by atoms with van der Waals surface area (Å²) in [7, 11) is 0. The molecule has 0 aromatic heterocycles. The summed E-state index contributed by atoms with van der Waals surface area (Å²) in [6, 6.07) is 14.2. The molecule has 0 saturated heterocycles. The van der Waals surface area contributed by atoms with Crippen LogP contribution in [0.1, 0.15) is 26.3 Å². The number of benzene rings is 1. The predicted molar refractivity (Wildman–Crippen MR) is 67.1 cm³/mol. The van der Waals surface area contributed by atoms with Crippen LogP contribution >= 0.6 is 0 Å². The summed E-state index contributed by atoms with van der Waals surface area (Å²) in [4.78, 5) is 21.2. The first-order valence-corrected chi connectivity index (χ1v) is 5.27. The molecule has 0 bridgehead atoms. The number of carboxylic acid groups (broad SMARTS) is 2. The van der Waals surface area contributed by atoms with Gasteiger partial charge in [0.15, 0.2) is 0 Å². The molecule has 0 spiro atoms. The molecule has 0 heterocycles. The molecule has 0 aliphatic carbocycles. The third kappa shape index (κ3) is 5.27. The minimum atomic E-state index is -1.11. The molecule has 0 unspecified atom stereocenters. The molecule has 2 aromatic carbocycles. The van der Waals surface area contributed by atoms with E-state index in [1.54, 1.807) is 0 Å². The number of carboxylic acids is 2. The zero-order valence-electron chi connectivity index (χ0n) is 10.3. The summed E-state index contributed by atoms with van der Waals surface area (Å²) in [5, 5.41) is 17.4. The van der Waals surface area contributed by atoms with Crippen molar-refractivity contribution in [3.05, 3.63) is 65.2 Å². The molecule has 0 atom stereocenters. The van der Waals surface area contributed by atoms with E-state index in [0.717, 1.165) is 0 Å². The third-order valence-electron chi connectivity index (χ3n) is 2.35. The monoisotopic (exact) mass is 335 g/mol. The quantitative estimate of drug-likeness (QED) is 0.827. The smallest absolute Gasteiger partial charge is 0.335 e. The standard InChI is InChI=1S/C9H8O4.C5H5.Zr/c1-5-6(8(10)11)3-2-4-7(5)9(12)13;1-2-4-5-3-1;/h2-4H,1H3,(H,10,11)(H,12,13);1-5H;/q;-1;. The van der Waals surface area contributed by atoms with Crippen LogP contribution in [0, 0.1) is 6.92 Å². The van der Waals surface area contributed by atoms with Gasteiger partial charge in [0.25, 0.3) is 0 Å². The molecule has 4 nitrogen and oxygen atoms in total. The number of hydrogen-bond donors (Lipinski definition) is 2. The minimum absolute atomic E-state index is 0. The average molecular weight is 336 g/mol. The van der Waals surface area contributed by atoms with E-state index in [1.165, 1.54) is 25.1 Å². The maximum absolute atomic E-state index is 10.6. The molecule has 0 radical (unpaired) electrons. The third-order valence-corrected chi connectivity index (χ3v) is 2.35. The van der Waals surface area contributed by atoms with Gasteiger partial charge in [0, 0.05) is 26.2 Å². The normalized spacial score (nSPS) is 8.68. The van der Waals surface area contributed by atoms with Crippen molar-refractivity contribution in [1.29, 1.82) is 0 Å². The van der Waals surface area contributed by atoms with Crippen molar-refractivity contribution < 1.29 is 46.0 Å². The van der Waals surface area contributed by atoms with Gasteiger partial charge < -0.3 is 10.2 Å². The van der Waals surface area contributed by atoms with Gasteiger partial charge in [-0.1, -0.05) is 6.07 Å². The fourth-order valence-electron chi connectivity index (χ4n) is 1.42. The van der Waals surface area contributed by atoms with Crippen molar-refractivity contribution in [3.8, 4) is 0 Å². The number of rotatable bonds is 2. The van der Waals surface area contributed by atoms with Gasteiger partial charge >= 0.3 is 11.9 Å². The number of carbonyl (C=O) groups is 2. The zero-order valence-corrected chi connectivity index (χ0v) is 12.8. The van der Waals surface area contributed by atoms with Crippen LogP contribution in [0.2, 0.25) is 0 Å². The second-order valence-corrected chi connectivity index (χ2v) is 3.55. The molecule has 19 heavy (non-hydrogen) atoms. The first-order valence-electron chi connectivity index (χ1n) is 5.27. The molecular formula is C14H13O4Zr-. The van der Waals surface area contributed by atoms with Gasteiger partial charge in [-0.2, -0.15) is 18.2 Å². The summed E-state index contributed by atoms with van der Waals surface area (Å²) >= 11 is 0. The van der Waals surface area contributed by atoms with Crippen LogP contribution in [0.15, 0.2) is 48.5 Å². The molecule has 98 valence electrons. The van der Waals surface area contributed by atoms with E-state index < -0.39 is 11.9 Å². The minimum Gasteiger partial charge on any atom is -0.478 e. The SMILES string of the molecule is Cc1c(C(=O)O)cccc1C(=O)O.[Zr].c1cc[cH-]c1. The maximum atomic E-state index is 10.6. The largest absolute Gasteiger partial charge is 0.478 e. The Bertz CT molecular complexity index is 483. The van der Waals surface area contributed by atoms with E-state index in [4.69, 9.17) is 10.2 Å². The summed E-state index contributed by atoms with van der Waals surface area (Å²) in [6.07, 6.45) is 0. The van der Waals surface area contributed by atoms with Crippen LogP contribution in [0.3, 0.4) is 0 Å². The van der Waals surface area contributed by atoms with Gasteiger partial charge in [-0.05, 0) is 24.6 Å². The van der Waals surface area contributed by atoms with Gasteiger partial charge in [-0.15, -0.1) is 0 Å². The molecule has 2 N–H and O–H groups in total. The van der Waals surface area contributed by atoms with Gasteiger partial charge in [0.2, 0.25) is 0 Å². The van der Waals surface area contributed by atoms with Gasteiger partial charge in [0.05, 0.1) is 11.1 Å². The predicted octanol–water partition coefficient (Wildman–Crippen LogP) is 2.79. The van der Waals surface area contributed by atoms with Crippen LogP contribution in [0.5, 0.6) is 0 Å². The van der Waals surface area contributed by atoms with Crippen LogP contribution in [-0.2, 0) is 26.2 Å². The van der Waals surface area contributed by atoms with Crippen LogP contribution in [-0.4, -0.2) is 22.2 Å². The molecule has 2 rings (SSSR count). The fourth-order valence-corrected chi connectivity index (χ4v) is 1.42. The van der Waals surface area contributed by atoms with E-state index in [-0.39, 0.29) is 42.9 Å². The Labute approximate surface area is 130 Å². The summed E-state index contributed by atoms with van der Waals surface area (Å²) in [6.45, 7) is 1.48. The van der Waals surface area contributed by atoms with E-state index in [2.05, 4.69) is 0 Å². The zero-order chi connectivity index (χ0) is 13.5. The van der Waals surface area contributed by atoms with Crippen molar-refractivity contribution in [2.75, 3.05) is 0 Å². The van der Waals surface area contributed by atoms with E-state index in [9.17, 15) is 9.59 Å². The van der Waals surface area contributed by atoms with Crippen molar-refractivity contribution in [3.63, 3.8) is 0 Å². The van der Waals surface area contributed by atoms with Gasteiger partial charge in [0.1, 0.15) is 0 Å². The molecule has 0 fully saturated rings. The van der Waals surface area contributed by atoms with Crippen molar-refractivity contribution >= 4 is 11.9 Å². The number of aromatic carboxylic acids is 2. The maximum Gasteiger partial charge on any atom is 0.335 e. The molecule has 2 aromatic rings. The molecule has 0 amide bonds. The van der Waals surface area contributed by atoms with Crippen LogP contribution in [0.25, 0.3) is 0 Å². The van der Waals surface area contributed by atoms with E-state index in [0.29, 0.717) is 0 Å². The number of hydrogen-bond acceptors (Lipinski definition) is 2. The Morgan fingerprint density at radius 2 is 1.37 bits per heavy atom. The average Bonchev–Trinajstić information content (AvgIpc) is 2.87. The first kappa shape index (κ1) is 17.4. The summed E-state index contributed by atoms with van der Waals surface area (Å²) in [5.41, 5.74) is 0.335. The molecule has 0 aliphatic heterocycles. The Balaban J connectivity index is 0.000000454. The second-order valence-electron chi connectivity index (χ2n) is 3.55. The van der Waals surface area contributed by atoms with Gasteiger partial charge in [-0.3, -0.25) is 0 Å². The first-order chi connectivity index (χ1) is 8.54. The Morgan fingerprint density at radius 1 is 0.947 bits per heavy atom. The molecule has 0 saturated carbocycles. The van der Waals surface area contributed by atoms with Crippen molar-refractivity contribution in [2.45, 2.75) is 6.92 Å². The molecular weight excluding hydrogens is 323 g/mol. The van der Waals surface area contributed by atoms with Crippen LogP contribution in [0.4, 0.5) is 0 Å². The Morgan fingerprint density at radius 3 is 1.63 bits per heavy atom. The summed E-state index contributed by atoms with van der Waals surface area (Å²) < 4.78 is 0. The Hall–Kier alpha value is -1.61. The van der Waals surface area contributed by atoms with Crippen molar-refractivity contribution in [1.82, 2.24) is 0 Å². The van der Waals surface area contributed by atoms with E-state index in [1.807, 2.05) is 30.3 Å². The topological polar surface area (TPSA) is 74.6 Å². The molecule has 0 aliphatic rings. The molecule has 5 heteroatoms.